The number of hydrogen-bond donors (Lipinski definition) is 0. The van der Waals surface area contributed by atoms with Gasteiger partial charge in [-0.15, -0.1) is 11.3 Å². The predicted molar refractivity (Wildman–Crippen MR) is 93.7 cm³/mol. The molecule has 1 aromatic carbocycles. The van der Waals surface area contributed by atoms with Crippen LogP contribution in [-0.2, 0) is 0 Å². The van der Waals surface area contributed by atoms with Crippen LogP contribution >= 0.6 is 11.3 Å². The fourth-order valence-corrected chi connectivity index (χ4v) is 3.40. The number of amides is 2. The number of hydrogen-bond acceptors (Lipinski definition) is 4. The molecule has 24 heavy (non-hydrogen) atoms. The van der Waals surface area contributed by atoms with E-state index in [1.54, 1.807) is 17.0 Å². The summed E-state index contributed by atoms with van der Waals surface area (Å²) in [5, 5.41) is 1.90. The molecule has 0 aliphatic carbocycles. The Labute approximate surface area is 145 Å². The van der Waals surface area contributed by atoms with Gasteiger partial charge in [-0.05, 0) is 42.6 Å². The fourth-order valence-electron chi connectivity index (χ4n) is 2.71. The van der Waals surface area contributed by atoms with E-state index in [2.05, 4.69) is 0 Å². The average molecular weight is 344 g/mol. The van der Waals surface area contributed by atoms with Gasteiger partial charge in [0.15, 0.2) is 0 Å². The zero-order chi connectivity index (χ0) is 16.9. The van der Waals surface area contributed by atoms with E-state index >= 15 is 0 Å². The van der Waals surface area contributed by atoms with Gasteiger partial charge in [-0.3, -0.25) is 9.59 Å². The minimum Gasteiger partial charge on any atom is -0.494 e. The summed E-state index contributed by atoms with van der Waals surface area (Å²) >= 11 is 1.45. The second-order valence-electron chi connectivity index (χ2n) is 5.52. The van der Waals surface area contributed by atoms with Gasteiger partial charge >= 0.3 is 0 Å². The summed E-state index contributed by atoms with van der Waals surface area (Å²) in [6.45, 7) is 4.79. The van der Waals surface area contributed by atoms with Gasteiger partial charge in [0.2, 0.25) is 0 Å². The van der Waals surface area contributed by atoms with Crippen molar-refractivity contribution >= 4 is 23.2 Å². The average Bonchev–Trinajstić information content (AvgIpc) is 3.16. The second-order valence-corrected chi connectivity index (χ2v) is 6.47. The van der Waals surface area contributed by atoms with Crippen molar-refractivity contribution in [1.82, 2.24) is 9.80 Å². The molecule has 2 heterocycles. The lowest BCUT2D eigenvalue weighted by Gasteiger charge is -2.34. The first kappa shape index (κ1) is 16.5. The number of ether oxygens (including phenoxy) is 1. The number of benzene rings is 1. The first-order valence-corrected chi connectivity index (χ1v) is 8.92. The topological polar surface area (TPSA) is 49.9 Å². The van der Waals surface area contributed by atoms with Crippen molar-refractivity contribution in [2.75, 3.05) is 32.8 Å². The van der Waals surface area contributed by atoms with Gasteiger partial charge in [0.05, 0.1) is 11.5 Å². The largest absolute Gasteiger partial charge is 0.494 e. The number of piperazine rings is 1. The first-order chi connectivity index (χ1) is 11.7. The standard InChI is InChI=1S/C18H20N2O3S/c1-2-23-15-7-5-14(6-8-15)17(21)19-9-11-20(12-10-19)18(22)16-4-3-13-24-16/h3-8,13H,2,9-12H2,1H3. The zero-order valence-electron chi connectivity index (χ0n) is 13.6. The van der Waals surface area contributed by atoms with Crippen LogP contribution in [0.1, 0.15) is 27.0 Å². The Bertz CT molecular complexity index is 690. The summed E-state index contributed by atoms with van der Waals surface area (Å²) in [4.78, 5) is 29.2. The molecule has 1 aliphatic heterocycles. The number of thiophene rings is 1. The van der Waals surface area contributed by atoms with Gasteiger partial charge in [-0.2, -0.15) is 0 Å². The minimum atomic E-state index is 0.00118. The summed E-state index contributed by atoms with van der Waals surface area (Å²) < 4.78 is 5.39. The molecule has 1 fully saturated rings. The third-order valence-corrected chi connectivity index (χ3v) is 4.86. The Morgan fingerprint density at radius 3 is 2.17 bits per heavy atom. The molecule has 1 aromatic heterocycles. The normalized spacial score (nSPS) is 14.5. The Kier molecular flexibility index (Phi) is 5.15. The highest BCUT2D eigenvalue weighted by Crippen LogP contribution is 2.17. The molecule has 0 atom stereocenters. The summed E-state index contributed by atoms with van der Waals surface area (Å²) in [5.41, 5.74) is 0.650. The molecule has 1 aliphatic rings. The molecule has 5 nitrogen and oxygen atoms in total. The Morgan fingerprint density at radius 1 is 1.00 bits per heavy atom. The third kappa shape index (κ3) is 3.59. The van der Waals surface area contributed by atoms with Crippen LogP contribution in [0, 0.1) is 0 Å². The van der Waals surface area contributed by atoms with Gasteiger partial charge in [-0.25, -0.2) is 0 Å². The fraction of sp³-hybridized carbons (Fsp3) is 0.333. The summed E-state index contributed by atoms with van der Waals surface area (Å²) in [6.07, 6.45) is 0. The molecule has 2 aromatic rings. The Balaban J connectivity index is 1.57. The third-order valence-electron chi connectivity index (χ3n) is 4.00. The molecule has 1 saturated heterocycles. The SMILES string of the molecule is CCOc1ccc(C(=O)N2CCN(C(=O)c3cccs3)CC2)cc1. The molecular formula is C18H20N2O3S. The van der Waals surface area contributed by atoms with Crippen LogP contribution in [0.25, 0.3) is 0 Å². The minimum absolute atomic E-state index is 0.00118. The van der Waals surface area contributed by atoms with E-state index in [1.165, 1.54) is 11.3 Å². The highest BCUT2D eigenvalue weighted by Gasteiger charge is 2.25. The molecule has 126 valence electrons. The van der Waals surface area contributed by atoms with Crippen LogP contribution in [0.2, 0.25) is 0 Å². The van der Waals surface area contributed by atoms with E-state index in [0.29, 0.717) is 38.3 Å². The number of rotatable bonds is 4. The summed E-state index contributed by atoms with van der Waals surface area (Å²) in [7, 11) is 0. The van der Waals surface area contributed by atoms with Crippen molar-refractivity contribution in [1.29, 1.82) is 0 Å². The lowest BCUT2D eigenvalue weighted by atomic mass is 10.1. The number of carbonyl (C=O) groups excluding carboxylic acids is 2. The van der Waals surface area contributed by atoms with Crippen molar-refractivity contribution in [3.63, 3.8) is 0 Å². The maximum atomic E-state index is 12.6. The van der Waals surface area contributed by atoms with Crippen molar-refractivity contribution in [2.24, 2.45) is 0 Å². The van der Waals surface area contributed by atoms with E-state index in [-0.39, 0.29) is 11.8 Å². The molecule has 6 heteroatoms. The quantitative estimate of drug-likeness (QED) is 0.857. The summed E-state index contributed by atoms with van der Waals surface area (Å²) in [6, 6.07) is 10.9. The van der Waals surface area contributed by atoms with Gasteiger partial charge in [0.1, 0.15) is 5.75 Å². The second kappa shape index (κ2) is 7.49. The smallest absolute Gasteiger partial charge is 0.264 e. The van der Waals surface area contributed by atoms with E-state index in [9.17, 15) is 9.59 Å². The maximum Gasteiger partial charge on any atom is 0.264 e. The van der Waals surface area contributed by atoms with Crippen LogP contribution < -0.4 is 4.74 Å². The van der Waals surface area contributed by atoms with Crippen molar-refractivity contribution in [3.05, 3.63) is 52.2 Å². The molecule has 3 rings (SSSR count). The van der Waals surface area contributed by atoms with Crippen LogP contribution in [0.15, 0.2) is 41.8 Å². The lowest BCUT2D eigenvalue weighted by Crippen LogP contribution is -2.50. The highest BCUT2D eigenvalue weighted by atomic mass is 32.1. The van der Waals surface area contributed by atoms with Crippen molar-refractivity contribution in [3.8, 4) is 5.75 Å². The molecule has 0 spiro atoms. The zero-order valence-corrected chi connectivity index (χ0v) is 14.4. The molecule has 2 amide bonds. The highest BCUT2D eigenvalue weighted by molar-refractivity contribution is 7.12. The van der Waals surface area contributed by atoms with E-state index < -0.39 is 0 Å². The summed E-state index contributed by atoms with van der Waals surface area (Å²) in [5.74, 6) is 0.819. The molecule has 0 bridgehead atoms. The molecular weight excluding hydrogens is 324 g/mol. The van der Waals surface area contributed by atoms with Crippen LogP contribution in [0.3, 0.4) is 0 Å². The first-order valence-electron chi connectivity index (χ1n) is 8.04. The number of carbonyl (C=O) groups is 2. The lowest BCUT2D eigenvalue weighted by molar-refractivity contribution is 0.0538. The van der Waals surface area contributed by atoms with Gasteiger partial charge in [0, 0.05) is 31.7 Å². The van der Waals surface area contributed by atoms with E-state index in [1.807, 2.05) is 41.5 Å². The molecule has 0 unspecified atom stereocenters. The molecule has 0 saturated carbocycles. The Hall–Kier alpha value is -2.34. The predicted octanol–water partition coefficient (Wildman–Crippen LogP) is 2.75. The van der Waals surface area contributed by atoms with Gasteiger partial charge in [-0.1, -0.05) is 6.07 Å². The maximum absolute atomic E-state index is 12.6. The monoisotopic (exact) mass is 344 g/mol. The molecule has 0 radical (unpaired) electrons. The Morgan fingerprint density at radius 2 is 1.62 bits per heavy atom. The van der Waals surface area contributed by atoms with Crippen LogP contribution in [0.5, 0.6) is 5.75 Å². The van der Waals surface area contributed by atoms with Crippen molar-refractivity contribution in [2.45, 2.75) is 6.92 Å². The van der Waals surface area contributed by atoms with E-state index in [4.69, 9.17) is 4.74 Å². The van der Waals surface area contributed by atoms with Crippen molar-refractivity contribution < 1.29 is 14.3 Å². The number of nitrogens with zero attached hydrogens (tertiary/aromatic N) is 2. The molecule has 0 N–H and O–H groups in total. The van der Waals surface area contributed by atoms with E-state index in [0.717, 1.165) is 10.6 Å². The van der Waals surface area contributed by atoms with Crippen LogP contribution in [-0.4, -0.2) is 54.4 Å². The van der Waals surface area contributed by atoms with Crippen LogP contribution in [0.4, 0.5) is 0 Å². The van der Waals surface area contributed by atoms with Gasteiger partial charge < -0.3 is 14.5 Å². The van der Waals surface area contributed by atoms with Gasteiger partial charge in [0.25, 0.3) is 11.8 Å².